The van der Waals surface area contributed by atoms with E-state index in [2.05, 4.69) is 15.3 Å². The highest BCUT2D eigenvalue weighted by Gasteiger charge is 2.21. The zero-order valence-corrected chi connectivity index (χ0v) is 16.4. The van der Waals surface area contributed by atoms with Crippen molar-refractivity contribution in [3.63, 3.8) is 0 Å². The average molecular weight is 383 g/mol. The van der Waals surface area contributed by atoms with Crippen LogP contribution in [0.2, 0.25) is 0 Å². The Kier molecular flexibility index (Phi) is 6.08. The van der Waals surface area contributed by atoms with Crippen molar-refractivity contribution < 1.29 is 14.3 Å². The van der Waals surface area contributed by atoms with Crippen molar-refractivity contribution in [2.45, 2.75) is 26.9 Å². The van der Waals surface area contributed by atoms with Crippen LogP contribution in [0.4, 0.5) is 11.5 Å². The van der Waals surface area contributed by atoms with Gasteiger partial charge in [-0.3, -0.25) is 9.59 Å². The van der Waals surface area contributed by atoms with E-state index in [0.29, 0.717) is 43.4 Å². The second-order valence-corrected chi connectivity index (χ2v) is 6.87. The van der Waals surface area contributed by atoms with Crippen molar-refractivity contribution in [3.8, 4) is 5.75 Å². The predicted octanol–water partition coefficient (Wildman–Crippen LogP) is 2.18. The standard InChI is InChI=1S/C20H25N5O3/c1-14(2)28-18-7-5-4-6-16(18)23-20(27)17-12-19(22-13-21-17)25-10-8-24(9-11-25)15(3)26/h4-7,12-14H,8-11H2,1-3H3,(H,23,27). The summed E-state index contributed by atoms with van der Waals surface area (Å²) in [5.74, 6) is 1.03. The Hall–Kier alpha value is -3.16. The van der Waals surface area contributed by atoms with E-state index in [4.69, 9.17) is 4.74 Å². The number of para-hydroxylation sites is 2. The number of amides is 2. The minimum atomic E-state index is -0.328. The van der Waals surface area contributed by atoms with Crippen molar-refractivity contribution in [1.29, 1.82) is 0 Å². The minimum absolute atomic E-state index is 0.00243. The lowest BCUT2D eigenvalue weighted by Crippen LogP contribution is -2.48. The van der Waals surface area contributed by atoms with Gasteiger partial charge in [-0.2, -0.15) is 0 Å². The molecule has 0 saturated carbocycles. The SMILES string of the molecule is CC(=O)N1CCN(c2cc(C(=O)Nc3ccccc3OC(C)C)ncn2)CC1. The maximum atomic E-state index is 12.7. The molecule has 1 aromatic heterocycles. The summed E-state index contributed by atoms with van der Waals surface area (Å²) in [5.41, 5.74) is 0.870. The van der Waals surface area contributed by atoms with Crippen molar-refractivity contribution in [2.24, 2.45) is 0 Å². The van der Waals surface area contributed by atoms with Gasteiger partial charge in [0.25, 0.3) is 5.91 Å². The first-order chi connectivity index (χ1) is 13.4. The summed E-state index contributed by atoms with van der Waals surface area (Å²) >= 11 is 0. The van der Waals surface area contributed by atoms with Gasteiger partial charge in [-0.1, -0.05) is 12.1 Å². The summed E-state index contributed by atoms with van der Waals surface area (Å²) in [6.45, 7) is 8.05. The van der Waals surface area contributed by atoms with Crippen LogP contribution >= 0.6 is 0 Å². The van der Waals surface area contributed by atoms with Crippen LogP contribution < -0.4 is 15.0 Å². The zero-order chi connectivity index (χ0) is 20.1. The maximum Gasteiger partial charge on any atom is 0.274 e. The Bertz CT molecular complexity index is 847. The first kappa shape index (κ1) is 19.6. The van der Waals surface area contributed by atoms with Crippen molar-refractivity contribution in [3.05, 3.63) is 42.4 Å². The summed E-state index contributed by atoms with van der Waals surface area (Å²) < 4.78 is 5.74. The lowest BCUT2D eigenvalue weighted by atomic mass is 10.2. The molecule has 2 amide bonds. The third-order valence-electron chi connectivity index (χ3n) is 4.43. The molecular weight excluding hydrogens is 358 g/mol. The number of rotatable bonds is 5. The monoisotopic (exact) mass is 383 g/mol. The predicted molar refractivity (Wildman–Crippen MR) is 107 cm³/mol. The molecule has 1 saturated heterocycles. The Morgan fingerprint density at radius 3 is 2.50 bits per heavy atom. The van der Waals surface area contributed by atoms with Crippen LogP contribution in [0.3, 0.4) is 0 Å². The molecule has 0 atom stereocenters. The average Bonchev–Trinajstić information content (AvgIpc) is 2.69. The molecule has 1 aliphatic rings. The summed E-state index contributed by atoms with van der Waals surface area (Å²) in [7, 11) is 0. The molecule has 1 aliphatic heterocycles. The van der Waals surface area contributed by atoms with Gasteiger partial charge in [-0.25, -0.2) is 9.97 Å². The number of hydrogen-bond donors (Lipinski definition) is 1. The number of anilines is 2. The summed E-state index contributed by atoms with van der Waals surface area (Å²) in [6, 6.07) is 8.97. The third-order valence-corrected chi connectivity index (χ3v) is 4.43. The Morgan fingerprint density at radius 1 is 1.11 bits per heavy atom. The molecule has 1 aromatic carbocycles. The fourth-order valence-corrected chi connectivity index (χ4v) is 3.01. The number of nitrogens with one attached hydrogen (secondary N) is 1. The molecule has 0 aliphatic carbocycles. The van der Waals surface area contributed by atoms with E-state index in [-0.39, 0.29) is 23.6 Å². The molecule has 8 nitrogen and oxygen atoms in total. The molecular formula is C20H25N5O3. The lowest BCUT2D eigenvalue weighted by molar-refractivity contribution is -0.129. The van der Waals surface area contributed by atoms with Crippen molar-refractivity contribution in [1.82, 2.24) is 14.9 Å². The van der Waals surface area contributed by atoms with Crippen LogP contribution in [0.15, 0.2) is 36.7 Å². The Morgan fingerprint density at radius 2 is 1.82 bits per heavy atom. The highest BCUT2D eigenvalue weighted by molar-refractivity contribution is 6.04. The van der Waals surface area contributed by atoms with E-state index >= 15 is 0 Å². The van der Waals surface area contributed by atoms with Crippen LogP contribution in [-0.4, -0.2) is 59.0 Å². The molecule has 3 rings (SSSR count). The van der Waals surface area contributed by atoms with Gasteiger partial charge in [0, 0.05) is 39.2 Å². The van der Waals surface area contributed by atoms with Gasteiger partial charge in [0.1, 0.15) is 23.6 Å². The fourth-order valence-electron chi connectivity index (χ4n) is 3.01. The Balaban J connectivity index is 1.71. The van der Waals surface area contributed by atoms with E-state index in [1.807, 2.05) is 36.9 Å². The molecule has 2 heterocycles. The van der Waals surface area contributed by atoms with Crippen LogP contribution in [0.1, 0.15) is 31.3 Å². The quantitative estimate of drug-likeness (QED) is 0.852. The molecule has 1 fully saturated rings. The van der Waals surface area contributed by atoms with E-state index in [1.165, 1.54) is 6.33 Å². The maximum absolute atomic E-state index is 12.7. The molecule has 0 bridgehead atoms. The van der Waals surface area contributed by atoms with E-state index in [0.717, 1.165) is 0 Å². The fraction of sp³-hybridized carbons (Fsp3) is 0.400. The zero-order valence-electron chi connectivity index (χ0n) is 16.4. The van der Waals surface area contributed by atoms with Crippen LogP contribution in [0.5, 0.6) is 5.75 Å². The number of ether oxygens (including phenoxy) is 1. The van der Waals surface area contributed by atoms with Gasteiger partial charge in [-0.05, 0) is 26.0 Å². The van der Waals surface area contributed by atoms with E-state index < -0.39 is 0 Å². The van der Waals surface area contributed by atoms with Gasteiger partial charge in [0.05, 0.1) is 11.8 Å². The van der Waals surface area contributed by atoms with Gasteiger partial charge < -0.3 is 19.9 Å². The van der Waals surface area contributed by atoms with Crippen LogP contribution in [0.25, 0.3) is 0 Å². The number of carbonyl (C=O) groups excluding carboxylic acids is 2. The van der Waals surface area contributed by atoms with Crippen molar-refractivity contribution >= 4 is 23.3 Å². The topological polar surface area (TPSA) is 87.7 Å². The second-order valence-electron chi connectivity index (χ2n) is 6.87. The number of piperazine rings is 1. The number of hydrogen-bond acceptors (Lipinski definition) is 6. The van der Waals surface area contributed by atoms with Gasteiger partial charge >= 0.3 is 0 Å². The van der Waals surface area contributed by atoms with Gasteiger partial charge in [-0.15, -0.1) is 0 Å². The third kappa shape index (κ3) is 4.76. The molecule has 2 aromatic rings. The normalized spacial score (nSPS) is 14.1. The molecule has 8 heteroatoms. The van der Waals surface area contributed by atoms with Crippen LogP contribution in [0, 0.1) is 0 Å². The smallest absolute Gasteiger partial charge is 0.274 e. The highest BCUT2D eigenvalue weighted by Crippen LogP contribution is 2.25. The summed E-state index contributed by atoms with van der Waals surface area (Å²) in [4.78, 5) is 36.4. The van der Waals surface area contributed by atoms with E-state index in [9.17, 15) is 9.59 Å². The number of benzene rings is 1. The molecule has 0 radical (unpaired) electrons. The largest absolute Gasteiger partial charge is 0.489 e. The molecule has 28 heavy (non-hydrogen) atoms. The van der Waals surface area contributed by atoms with Gasteiger partial charge in [0.2, 0.25) is 5.91 Å². The number of nitrogens with zero attached hydrogens (tertiary/aromatic N) is 4. The first-order valence-corrected chi connectivity index (χ1v) is 9.33. The van der Waals surface area contributed by atoms with Gasteiger partial charge in [0.15, 0.2) is 0 Å². The molecule has 0 unspecified atom stereocenters. The second kappa shape index (κ2) is 8.69. The number of aromatic nitrogens is 2. The van der Waals surface area contributed by atoms with Crippen molar-refractivity contribution in [2.75, 3.05) is 36.4 Å². The lowest BCUT2D eigenvalue weighted by Gasteiger charge is -2.34. The summed E-state index contributed by atoms with van der Waals surface area (Å²) in [6.07, 6.45) is 1.38. The first-order valence-electron chi connectivity index (χ1n) is 9.33. The highest BCUT2D eigenvalue weighted by atomic mass is 16.5. The van der Waals surface area contributed by atoms with E-state index in [1.54, 1.807) is 24.0 Å². The summed E-state index contributed by atoms with van der Waals surface area (Å²) in [5, 5.41) is 2.86. The Labute approximate surface area is 164 Å². The molecule has 1 N–H and O–H groups in total. The van der Waals surface area contributed by atoms with Crippen LogP contribution in [-0.2, 0) is 4.79 Å². The molecule has 148 valence electrons. The number of carbonyl (C=O) groups is 2. The minimum Gasteiger partial charge on any atom is -0.489 e. The molecule has 0 spiro atoms.